The lowest BCUT2D eigenvalue weighted by Gasteiger charge is -2.30. The van der Waals surface area contributed by atoms with Gasteiger partial charge in [0, 0.05) is 12.6 Å². The Morgan fingerprint density at radius 2 is 1.88 bits per heavy atom. The minimum atomic E-state index is -0.417. The van der Waals surface area contributed by atoms with E-state index in [0.717, 1.165) is 18.4 Å². The first-order valence-corrected chi connectivity index (χ1v) is 8.94. The molecule has 0 bridgehead atoms. The lowest BCUT2D eigenvalue weighted by atomic mass is 9.84. The molecule has 25 heavy (non-hydrogen) atoms. The van der Waals surface area contributed by atoms with Crippen LogP contribution in [0.25, 0.3) is 0 Å². The highest BCUT2D eigenvalue weighted by Crippen LogP contribution is 2.26. The van der Waals surface area contributed by atoms with E-state index < -0.39 is 6.09 Å². The number of hydrogen-bond donors (Lipinski definition) is 2. The van der Waals surface area contributed by atoms with E-state index in [-0.39, 0.29) is 25.2 Å². The maximum atomic E-state index is 12.2. The highest BCUT2D eigenvalue weighted by Gasteiger charge is 2.25. The number of carbonyl (C=O) groups excluding carboxylic acids is 2. The Balaban J connectivity index is 1.82. The van der Waals surface area contributed by atoms with Gasteiger partial charge in [-0.1, -0.05) is 49.6 Å². The summed E-state index contributed by atoms with van der Waals surface area (Å²) in [4.78, 5) is 23.4. The van der Waals surface area contributed by atoms with Gasteiger partial charge in [0.1, 0.15) is 6.61 Å². The number of carbonyl (C=O) groups is 2. The molecule has 1 atom stereocenters. The van der Waals surface area contributed by atoms with Crippen LogP contribution in [-0.2, 0) is 20.9 Å². The summed E-state index contributed by atoms with van der Waals surface area (Å²) >= 11 is 0. The zero-order valence-electron chi connectivity index (χ0n) is 14.8. The molecule has 138 valence electrons. The molecule has 1 aliphatic rings. The SMILES string of the molecule is COC(=O)CNC[C@H](NC(=O)OCc1ccccc1)C1CCCCC1. The molecule has 1 saturated carbocycles. The molecule has 6 nitrogen and oxygen atoms in total. The first-order chi connectivity index (χ1) is 12.2. The molecular weight excluding hydrogens is 320 g/mol. The van der Waals surface area contributed by atoms with E-state index in [1.807, 2.05) is 30.3 Å². The second kappa shape index (κ2) is 10.7. The summed E-state index contributed by atoms with van der Waals surface area (Å²) in [7, 11) is 1.36. The number of amides is 1. The van der Waals surface area contributed by atoms with Gasteiger partial charge in [-0.05, 0) is 24.3 Å². The summed E-state index contributed by atoms with van der Waals surface area (Å²) in [5.41, 5.74) is 0.954. The number of methoxy groups -OCH3 is 1. The molecule has 1 amide bonds. The monoisotopic (exact) mass is 348 g/mol. The number of nitrogens with one attached hydrogen (secondary N) is 2. The van der Waals surface area contributed by atoms with Gasteiger partial charge in [0.2, 0.25) is 0 Å². The van der Waals surface area contributed by atoms with Gasteiger partial charge in [-0.25, -0.2) is 4.79 Å². The molecule has 0 radical (unpaired) electrons. The zero-order chi connectivity index (χ0) is 17.9. The number of esters is 1. The predicted molar refractivity (Wildman–Crippen MR) is 95.0 cm³/mol. The van der Waals surface area contributed by atoms with Crippen molar-refractivity contribution in [2.24, 2.45) is 5.92 Å². The van der Waals surface area contributed by atoms with Crippen LogP contribution in [0.3, 0.4) is 0 Å². The van der Waals surface area contributed by atoms with Crippen molar-refractivity contribution in [3.8, 4) is 0 Å². The smallest absolute Gasteiger partial charge is 0.407 e. The second-order valence-corrected chi connectivity index (χ2v) is 6.42. The van der Waals surface area contributed by atoms with Crippen LogP contribution in [0.15, 0.2) is 30.3 Å². The van der Waals surface area contributed by atoms with Gasteiger partial charge in [0.25, 0.3) is 0 Å². The van der Waals surface area contributed by atoms with Crippen molar-refractivity contribution in [2.75, 3.05) is 20.2 Å². The maximum absolute atomic E-state index is 12.2. The van der Waals surface area contributed by atoms with Crippen LogP contribution < -0.4 is 10.6 Å². The van der Waals surface area contributed by atoms with Crippen LogP contribution in [0.4, 0.5) is 4.79 Å². The van der Waals surface area contributed by atoms with E-state index in [4.69, 9.17) is 4.74 Å². The highest BCUT2D eigenvalue weighted by atomic mass is 16.5. The molecule has 1 fully saturated rings. The van der Waals surface area contributed by atoms with Crippen molar-refractivity contribution in [3.05, 3.63) is 35.9 Å². The molecule has 2 rings (SSSR count). The van der Waals surface area contributed by atoms with Crippen LogP contribution in [-0.4, -0.2) is 38.3 Å². The summed E-state index contributed by atoms with van der Waals surface area (Å²) < 4.78 is 9.96. The van der Waals surface area contributed by atoms with E-state index in [0.29, 0.717) is 12.5 Å². The minimum Gasteiger partial charge on any atom is -0.468 e. The first-order valence-electron chi connectivity index (χ1n) is 8.94. The number of ether oxygens (including phenoxy) is 2. The van der Waals surface area contributed by atoms with Gasteiger partial charge in [0.15, 0.2) is 0 Å². The molecule has 0 unspecified atom stereocenters. The van der Waals surface area contributed by atoms with Gasteiger partial charge in [-0.3, -0.25) is 4.79 Å². The fourth-order valence-electron chi connectivity index (χ4n) is 3.19. The Labute approximate surface area is 149 Å². The highest BCUT2D eigenvalue weighted by molar-refractivity contribution is 5.71. The van der Waals surface area contributed by atoms with Gasteiger partial charge < -0.3 is 20.1 Å². The number of hydrogen-bond acceptors (Lipinski definition) is 5. The zero-order valence-corrected chi connectivity index (χ0v) is 14.8. The van der Waals surface area contributed by atoms with E-state index >= 15 is 0 Å². The predicted octanol–water partition coefficient (Wildman–Crippen LogP) is 2.62. The molecule has 1 aromatic rings. The Morgan fingerprint density at radius 1 is 1.16 bits per heavy atom. The number of benzene rings is 1. The fourth-order valence-corrected chi connectivity index (χ4v) is 3.19. The molecule has 6 heteroatoms. The quantitative estimate of drug-likeness (QED) is 0.706. The third-order valence-electron chi connectivity index (χ3n) is 4.60. The van der Waals surface area contributed by atoms with Gasteiger partial charge in [-0.15, -0.1) is 0 Å². The van der Waals surface area contributed by atoms with Crippen LogP contribution in [0.5, 0.6) is 0 Å². The minimum absolute atomic E-state index is 0.0479. The van der Waals surface area contributed by atoms with Crippen molar-refractivity contribution in [3.63, 3.8) is 0 Å². The third-order valence-corrected chi connectivity index (χ3v) is 4.60. The molecule has 0 saturated heterocycles. The molecule has 0 heterocycles. The standard InChI is InChI=1S/C19H28N2O4/c1-24-18(22)13-20-12-17(16-10-6-3-7-11-16)21-19(23)25-14-15-8-4-2-5-9-15/h2,4-5,8-9,16-17,20H,3,6-7,10-14H2,1H3,(H,21,23)/t17-/m0/s1. The lowest BCUT2D eigenvalue weighted by Crippen LogP contribution is -2.48. The average Bonchev–Trinajstić information content (AvgIpc) is 2.67. The largest absolute Gasteiger partial charge is 0.468 e. The van der Waals surface area contributed by atoms with Crippen LogP contribution in [0.2, 0.25) is 0 Å². The van der Waals surface area contributed by atoms with Crippen LogP contribution in [0, 0.1) is 5.92 Å². The number of rotatable bonds is 8. The second-order valence-electron chi connectivity index (χ2n) is 6.42. The van der Waals surface area contributed by atoms with E-state index in [2.05, 4.69) is 15.4 Å². The molecule has 0 aromatic heterocycles. The van der Waals surface area contributed by atoms with Gasteiger partial charge in [0.05, 0.1) is 13.7 Å². The summed E-state index contributed by atoms with van der Waals surface area (Å²) in [6.07, 6.45) is 5.36. The molecule has 1 aromatic carbocycles. The van der Waals surface area contributed by atoms with E-state index in [1.54, 1.807) is 0 Å². The Hall–Kier alpha value is -2.08. The van der Waals surface area contributed by atoms with Crippen molar-refractivity contribution in [1.82, 2.24) is 10.6 Å². The summed E-state index contributed by atoms with van der Waals surface area (Å²) in [5.74, 6) is 0.0946. The Bertz CT molecular complexity index is 529. The summed E-state index contributed by atoms with van der Waals surface area (Å²) in [6.45, 7) is 0.917. The van der Waals surface area contributed by atoms with Crippen LogP contribution in [0.1, 0.15) is 37.7 Å². The fraction of sp³-hybridized carbons (Fsp3) is 0.579. The number of alkyl carbamates (subject to hydrolysis) is 1. The van der Waals surface area contributed by atoms with E-state index in [1.165, 1.54) is 26.4 Å². The van der Waals surface area contributed by atoms with E-state index in [9.17, 15) is 9.59 Å². The Morgan fingerprint density at radius 3 is 2.56 bits per heavy atom. The summed E-state index contributed by atoms with van der Waals surface area (Å²) in [6, 6.07) is 9.55. The molecule has 2 N–H and O–H groups in total. The summed E-state index contributed by atoms with van der Waals surface area (Å²) in [5, 5.41) is 6.04. The Kier molecular flexibility index (Phi) is 8.25. The van der Waals surface area contributed by atoms with Crippen molar-refractivity contribution in [1.29, 1.82) is 0 Å². The molecular formula is C19H28N2O4. The topological polar surface area (TPSA) is 76.7 Å². The van der Waals surface area contributed by atoms with Crippen molar-refractivity contribution >= 4 is 12.1 Å². The van der Waals surface area contributed by atoms with Crippen molar-refractivity contribution < 1.29 is 19.1 Å². The normalized spacial score (nSPS) is 16.0. The maximum Gasteiger partial charge on any atom is 0.407 e. The molecule has 0 aliphatic heterocycles. The van der Waals surface area contributed by atoms with Crippen molar-refractivity contribution in [2.45, 2.75) is 44.8 Å². The molecule has 1 aliphatic carbocycles. The van der Waals surface area contributed by atoms with Crippen LogP contribution >= 0.6 is 0 Å². The third kappa shape index (κ3) is 7.13. The average molecular weight is 348 g/mol. The van der Waals surface area contributed by atoms with Gasteiger partial charge >= 0.3 is 12.1 Å². The lowest BCUT2D eigenvalue weighted by molar-refractivity contribution is -0.139. The first kappa shape index (κ1) is 19.2. The molecule has 0 spiro atoms. The van der Waals surface area contributed by atoms with Gasteiger partial charge in [-0.2, -0.15) is 0 Å².